The van der Waals surface area contributed by atoms with Crippen LogP contribution in [0.5, 0.6) is 0 Å². The van der Waals surface area contributed by atoms with E-state index in [1.165, 1.54) is 6.92 Å². The summed E-state index contributed by atoms with van der Waals surface area (Å²) < 4.78 is 0. The fourth-order valence-corrected chi connectivity index (χ4v) is 0. The molecule has 0 aliphatic carbocycles. The zero-order valence-electron chi connectivity index (χ0n) is 3.51. The second kappa shape index (κ2) is 4.59. The molecule has 0 rings (SSSR count). The van der Waals surface area contributed by atoms with E-state index in [0.29, 0.717) is 0 Å². The minimum absolute atomic E-state index is 0. The first kappa shape index (κ1) is 10.4. The molecular weight excluding hydrogens is 105 g/mol. The quantitative estimate of drug-likeness (QED) is 0.418. The third-order valence-corrected chi connectivity index (χ3v) is 0.390. The molecule has 0 amide bonds. The summed E-state index contributed by atoms with van der Waals surface area (Å²) in [6.07, 6.45) is 0. The van der Waals surface area contributed by atoms with Crippen LogP contribution >= 0.6 is 0 Å². The molecule has 0 saturated carbocycles. The molecule has 7 heavy (non-hydrogen) atoms. The van der Waals surface area contributed by atoms with E-state index in [1.807, 2.05) is 0 Å². The summed E-state index contributed by atoms with van der Waals surface area (Å²) in [5.74, 6) is -0.963. The van der Waals surface area contributed by atoms with Crippen molar-refractivity contribution in [3.8, 4) is 0 Å². The van der Waals surface area contributed by atoms with E-state index in [4.69, 9.17) is 10.8 Å². The third kappa shape index (κ3) is 6.43. The molecule has 0 bridgehead atoms. The minimum atomic E-state index is -0.963. The number of carbonyl (C=O) groups is 1. The molecule has 38 valence electrons. The van der Waals surface area contributed by atoms with Gasteiger partial charge >= 0.3 is 35.5 Å². The van der Waals surface area contributed by atoms with Crippen molar-refractivity contribution in [3.63, 3.8) is 0 Å². The van der Waals surface area contributed by atoms with Crippen LogP contribution in [-0.4, -0.2) is 46.7 Å². The summed E-state index contributed by atoms with van der Waals surface area (Å²) in [5.41, 5.74) is 4.84. The van der Waals surface area contributed by atoms with E-state index in [0.717, 1.165) is 0 Å². The average Bonchev–Trinajstić information content (AvgIpc) is 1.36. The van der Waals surface area contributed by atoms with Gasteiger partial charge in [0.25, 0.3) is 0 Å². The predicted molar refractivity (Wildman–Crippen MR) is 28.4 cm³/mol. The third-order valence-electron chi connectivity index (χ3n) is 0.390. The Balaban J connectivity index is 0. The van der Waals surface area contributed by atoms with Crippen molar-refractivity contribution < 1.29 is 9.90 Å². The summed E-state index contributed by atoms with van der Waals surface area (Å²) in [6.45, 7) is 1.42. The van der Waals surface area contributed by atoms with Crippen molar-refractivity contribution in [3.05, 3.63) is 0 Å². The zero-order chi connectivity index (χ0) is 5.15. The average molecular weight is 113 g/mol. The fourth-order valence-electron chi connectivity index (χ4n) is 0. The van der Waals surface area contributed by atoms with Gasteiger partial charge in [0.1, 0.15) is 6.04 Å². The van der Waals surface area contributed by atoms with Gasteiger partial charge in [-0.15, -0.1) is 0 Å². The maximum absolute atomic E-state index is 9.57. The molecule has 0 unspecified atom stereocenters. The van der Waals surface area contributed by atoms with Crippen LogP contribution in [0.1, 0.15) is 6.92 Å². The van der Waals surface area contributed by atoms with Gasteiger partial charge in [0.05, 0.1) is 0 Å². The van der Waals surface area contributed by atoms with Crippen molar-refractivity contribution in [2.45, 2.75) is 13.0 Å². The summed E-state index contributed by atoms with van der Waals surface area (Å²) in [7, 11) is 0. The predicted octanol–water partition coefficient (Wildman–Crippen LogP) is -1.23. The molecule has 3 nitrogen and oxygen atoms in total. The summed E-state index contributed by atoms with van der Waals surface area (Å²) in [4.78, 5) is 9.57. The van der Waals surface area contributed by atoms with Crippen molar-refractivity contribution in [1.29, 1.82) is 0 Å². The second-order valence-electron chi connectivity index (χ2n) is 1.13. The Morgan fingerprint density at radius 2 is 2.00 bits per heavy atom. The van der Waals surface area contributed by atoms with Crippen molar-refractivity contribution >= 4 is 35.5 Å². The van der Waals surface area contributed by atoms with E-state index < -0.39 is 12.0 Å². The Morgan fingerprint density at radius 3 is 2.00 bits per heavy atom. The van der Waals surface area contributed by atoms with Gasteiger partial charge in [-0.2, -0.15) is 0 Å². The Kier molecular flexibility index (Phi) is 6.82. The molecule has 0 aromatic carbocycles. The molecule has 4 heteroatoms. The number of hydrogen-bond donors (Lipinski definition) is 2. The molecule has 0 spiro atoms. The first-order chi connectivity index (χ1) is 2.64. The molecule has 0 aliphatic heterocycles. The molecule has 0 fully saturated rings. The van der Waals surface area contributed by atoms with Gasteiger partial charge in [0, 0.05) is 0 Å². The standard InChI is InChI=1S/C3H7NO2.Na.H/c1-2(4)3(5)6;;/h2H,4H2,1H3,(H,5,6);;/t2-;;/m0../s1. The first-order valence-electron chi connectivity index (χ1n) is 1.63. The van der Waals surface area contributed by atoms with Gasteiger partial charge in [-0.05, 0) is 6.92 Å². The van der Waals surface area contributed by atoms with Crippen molar-refractivity contribution in [2.24, 2.45) is 5.73 Å². The number of carboxylic acid groups (broad SMARTS) is 1. The van der Waals surface area contributed by atoms with Crippen LogP contribution in [0.25, 0.3) is 0 Å². The Hall–Kier alpha value is 0.430. The number of aliphatic carboxylic acids is 1. The van der Waals surface area contributed by atoms with Crippen molar-refractivity contribution in [1.82, 2.24) is 0 Å². The molecule has 0 aromatic heterocycles. The van der Waals surface area contributed by atoms with E-state index in [1.54, 1.807) is 0 Å². The molecule has 0 saturated heterocycles. The number of hydrogen-bond acceptors (Lipinski definition) is 2. The van der Waals surface area contributed by atoms with E-state index in [2.05, 4.69) is 0 Å². The van der Waals surface area contributed by atoms with Crippen LogP contribution < -0.4 is 5.73 Å². The van der Waals surface area contributed by atoms with Crippen LogP contribution in [-0.2, 0) is 4.79 Å². The van der Waals surface area contributed by atoms with E-state index in [-0.39, 0.29) is 29.6 Å². The SMILES string of the molecule is C[C@H](N)C(=O)O.[NaH]. The van der Waals surface area contributed by atoms with Gasteiger partial charge in [0.15, 0.2) is 0 Å². The molecule has 0 radical (unpaired) electrons. The Morgan fingerprint density at radius 1 is 1.86 bits per heavy atom. The maximum atomic E-state index is 9.57. The second-order valence-corrected chi connectivity index (χ2v) is 1.13. The van der Waals surface area contributed by atoms with Gasteiger partial charge in [-0.3, -0.25) is 4.79 Å². The van der Waals surface area contributed by atoms with Crippen LogP contribution in [0.2, 0.25) is 0 Å². The van der Waals surface area contributed by atoms with Gasteiger partial charge < -0.3 is 10.8 Å². The monoisotopic (exact) mass is 113 g/mol. The Bertz CT molecular complexity index is 64.0. The number of nitrogens with two attached hydrogens (primary N) is 1. The number of carboxylic acids is 1. The van der Waals surface area contributed by atoms with Gasteiger partial charge in [-0.1, -0.05) is 0 Å². The zero-order valence-corrected chi connectivity index (χ0v) is 3.51. The topological polar surface area (TPSA) is 63.3 Å². The van der Waals surface area contributed by atoms with Gasteiger partial charge in [0.2, 0.25) is 0 Å². The van der Waals surface area contributed by atoms with Crippen LogP contribution in [0.3, 0.4) is 0 Å². The van der Waals surface area contributed by atoms with Gasteiger partial charge in [-0.25, -0.2) is 0 Å². The molecule has 3 N–H and O–H groups in total. The molecular formula is C3H8NNaO2. The summed E-state index contributed by atoms with van der Waals surface area (Å²) in [5, 5.41) is 7.87. The van der Waals surface area contributed by atoms with E-state index in [9.17, 15) is 4.79 Å². The Labute approximate surface area is 64.2 Å². The fraction of sp³-hybridized carbons (Fsp3) is 0.667. The molecule has 0 aliphatic rings. The van der Waals surface area contributed by atoms with Crippen LogP contribution in [0, 0.1) is 0 Å². The first-order valence-corrected chi connectivity index (χ1v) is 1.63. The molecule has 0 aromatic rings. The van der Waals surface area contributed by atoms with Crippen molar-refractivity contribution in [2.75, 3.05) is 0 Å². The van der Waals surface area contributed by atoms with Crippen LogP contribution in [0.4, 0.5) is 0 Å². The number of rotatable bonds is 1. The summed E-state index contributed by atoms with van der Waals surface area (Å²) >= 11 is 0. The van der Waals surface area contributed by atoms with Crippen LogP contribution in [0.15, 0.2) is 0 Å². The molecule has 1 atom stereocenters. The summed E-state index contributed by atoms with van der Waals surface area (Å²) in [6, 6.07) is -0.731. The van der Waals surface area contributed by atoms with E-state index >= 15 is 0 Å². The normalized spacial score (nSPS) is 11.7. The molecule has 0 heterocycles.